The lowest BCUT2D eigenvalue weighted by molar-refractivity contribution is -0.119. The Morgan fingerprint density at radius 1 is 1.00 bits per heavy atom. The van der Waals surface area contributed by atoms with Crippen LogP contribution in [0.3, 0.4) is 0 Å². The van der Waals surface area contributed by atoms with Crippen molar-refractivity contribution in [2.75, 3.05) is 39.3 Å². The number of amides is 3. The Hall–Kier alpha value is -1.26. The number of likely N-dealkylation sites (tertiary alicyclic amines) is 1. The average Bonchev–Trinajstić information content (AvgIpc) is 2.39. The smallest absolute Gasteiger partial charge is 0.320 e. The largest absolute Gasteiger partial charge is 0.342 e. The van der Waals surface area contributed by atoms with Crippen LogP contribution in [-0.4, -0.2) is 66.4 Å². The van der Waals surface area contributed by atoms with E-state index >= 15 is 0 Å². The summed E-state index contributed by atoms with van der Waals surface area (Å²) in [5.74, 6) is 0.742. The number of carbonyl (C=O) groups is 2. The fourth-order valence-electron chi connectivity index (χ4n) is 2.42. The Labute approximate surface area is 102 Å². The lowest BCUT2D eigenvalue weighted by Crippen LogP contribution is -2.53. The fourth-order valence-corrected chi connectivity index (χ4v) is 2.42. The Balaban J connectivity index is 1.82. The van der Waals surface area contributed by atoms with Crippen LogP contribution in [0.4, 0.5) is 4.79 Å². The predicted molar refractivity (Wildman–Crippen MR) is 64.6 cm³/mol. The first kappa shape index (κ1) is 12.2. The molecule has 2 aliphatic rings. The van der Waals surface area contributed by atoms with E-state index in [1.807, 2.05) is 9.80 Å². The third kappa shape index (κ3) is 2.90. The summed E-state index contributed by atoms with van der Waals surface area (Å²) < 4.78 is 0. The summed E-state index contributed by atoms with van der Waals surface area (Å²) in [6.45, 7) is 6.68. The number of hydrogen-bond acceptors (Lipinski definition) is 2. The van der Waals surface area contributed by atoms with Crippen LogP contribution in [0.2, 0.25) is 0 Å². The van der Waals surface area contributed by atoms with Gasteiger partial charge in [-0.05, 0) is 18.8 Å². The number of hydrogen-bond donors (Lipinski definition) is 0. The molecular weight excluding hydrogens is 218 g/mol. The Bertz CT molecular complexity index is 279. The van der Waals surface area contributed by atoms with Gasteiger partial charge in [0.15, 0.2) is 0 Å². The van der Waals surface area contributed by atoms with Gasteiger partial charge in [0.1, 0.15) is 0 Å². The van der Waals surface area contributed by atoms with E-state index in [4.69, 9.17) is 0 Å². The van der Waals surface area contributed by atoms with Gasteiger partial charge in [-0.25, -0.2) is 4.79 Å². The first-order valence-electron chi connectivity index (χ1n) is 6.44. The summed E-state index contributed by atoms with van der Waals surface area (Å²) in [4.78, 5) is 28.3. The molecule has 2 fully saturated rings. The Morgan fingerprint density at radius 2 is 1.53 bits per heavy atom. The van der Waals surface area contributed by atoms with E-state index in [0.29, 0.717) is 26.2 Å². The Morgan fingerprint density at radius 3 is 2.06 bits per heavy atom. The molecule has 2 rings (SSSR count). The predicted octanol–water partition coefficient (Wildman–Crippen LogP) is 0.612. The Kier molecular flexibility index (Phi) is 3.86. The van der Waals surface area contributed by atoms with E-state index < -0.39 is 0 Å². The highest BCUT2D eigenvalue weighted by molar-refractivity contribution is 5.74. The maximum atomic E-state index is 12.2. The van der Waals surface area contributed by atoms with E-state index in [-0.39, 0.29) is 6.03 Å². The topological polar surface area (TPSA) is 43.9 Å². The van der Waals surface area contributed by atoms with Gasteiger partial charge in [0.2, 0.25) is 6.41 Å². The van der Waals surface area contributed by atoms with Crippen molar-refractivity contribution in [1.82, 2.24) is 14.7 Å². The molecule has 0 spiro atoms. The van der Waals surface area contributed by atoms with Crippen molar-refractivity contribution in [3.63, 3.8) is 0 Å². The van der Waals surface area contributed by atoms with Gasteiger partial charge < -0.3 is 14.7 Å². The van der Waals surface area contributed by atoms with Gasteiger partial charge in [0, 0.05) is 39.3 Å². The second kappa shape index (κ2) is 5.38. The molecule has 2 aliphatic heterocycles. The van der Waals surface area contributed by atoms with Crippen molar-refractivity contribution in [1.29, 1.82) is 0 Å². The van der Waals surface area contributed by atoms with E-state index in [2.05, 4.69) is 6.92 Å². The molecule has 2 heterocycles. The highest BCUT2D eigenvalue weighted by Crippen LogP contribution is 2.17. The molecule has 0 aliphatic carbocycles. The van der Waals surface area contributed by atoms with E-state index in [1.165, 1.54) is 0 Å². The summed E-state index contributed by atoms with van der Waals surface area (Å²) >= 11 is 0. The normalized spacial score (nSPS) is 22.8. The van der Waals surface area contributed by atoms with Gasteiger partial charge in [0.05, 0.1) is 0 Å². The molecule has 0 atom stereocenters. The number of rotatable bonds is 1. The lowest BCUT2D eigenvalue weighted by Gasteiger charge is -2.38. The van der Waals surface area contributed by atoms with Crippen molar-refractivity contribution in [3.05, 3.63) is 0 Å². The minimum absolute atomic E-state index is 0.155. The average molecular weight is 239 g/mol. The van der Waals surface area contributed by atoms with E-state index in [1.54, 1.807) is 4.90 Å². The highest BCUT2D eigenvalue weighted by Gasteiger charge is 2.26. The maximum Gasteiger partial charge on any atom is 0.320 e. The van der Waals surface area contributed by atoms with Crippen LogP contribution in [0, 0.1) is 5.92 Å². The number of nitrogens with zero attached hydrogens (tertiary/aromatic N) is 3. The summed E-state index contributed by atoms with van der Waals surface area (Å²) in [5, 5.41) is 0. The molecule has 0 unspecified atom stereocenters. The van der Waals surface area contributed by atoms with Gasteiger partial charge in [-0.1, -0.05) is 6.92 Å². The molecule has 0 radical (unpaired) electrons. The lowest BCUT2D eigenvalue weighted by atomic mass is 9.99. The standard InChI is InChI=1S/C12H21N3O2/c1-11-2-4-14(5-3-11)12(17)15-8-6-13(10-16)7-9-15/h10-11H,2-9H2,1H3. The zero-order valence-corrected chi connectivity index (χ0v) is 10.5. The van der Waals surface area contributed by atoms with Crippen molar-refractivity contribution in [2.45, 2.75) is 19.8 Å². The SMILES string of the molecule is CC1CCN(C(=O)N2CCN(C=O)CC2)CC1. The molecule has 0 aromatic rings. The summed E-state index contributed by atoms with van der Waals surface area (Å²) in [7, 11) is 0. The summed E-state index contributed by atoms with van der Waals surface area (Å²) in [6, 6.07) is 0.155. The number of piperidine rings is 1. The van der Waals surface area contributed by atoms with E-state index in [9.17, 15) is 9.59 Å². The summed E-state index contributed by atoms with van der Waals surface area (Å²) in [5.41, 5.74) is 0. The minimum Gasteiger partial charge on any atom is -0.342 e. The molecule has 0 N–H and O–H groups in total. The molecular formula is C12H21N3O2. The highest BCUT2D eigenvalue weighted by atomic mass is 16.2. The second-order valence-corrected chi connectivity index (χ2v) is 5.08. The first-order chi connectivity index (χ1) is 8.20. The van der Waals surface area contributed by atoms with Gasteiger partial charge in [-0.3, -0.25) is 4.79 Å². The van der Waals surface area contributed by atoms with Gasteiger partial charge >= 0.3 is 6.03 Å². The zero-order chi connectivity index (χ0) is 12.3. The monoisotopic (exact) mass is 239 g/mol. The summed E-state index contributed by atoms with van der Waals surface area (Å²) in [6.07, 6.45) is 3.09. The molecule has 0 aromatic heterocycles. The third-order valence-corrected chi connectivity index (χ3v) is 3.79. The van der Waals surface area contributed by atoms with Crippen LogP contribution in [0.5, 0.6) is 0 Å². The van der Waals surface area contributed by atoms with Gasteiger partial charge in [0.25, 0.3) is 0 Å². The molecule has 3 amide bonds. The number of piperazine rings is 1. The molecule has 0 saturated carbocycles. The molecule has 17 heavy (non-hydrogen) atoms. The molecule has 5 nitrogen and oxygen atoms in total. The third-order valence-electron chi connectivity index (χ3n) is 3.79. The first-order valence-corrected chi connectivity index (χ1v) is 6.44. The van der Waals surface area contributed by atoms with Crippen LogP contribution >= 0.6 is 0 Å². The minimum atomic E-state index is 0.155. The molecule has 96 valence electrons. The fraction of sp³-hybridized carbons (Fsp3) is 0.833. The molecule has 2 saturated heterocycles. The van der Waals surface area contributed by atoms with Crippen LogP contribution < -0.4 is 0 Å². The van der Waals surface area contributed by atoms with Gasteiger partial charge in [-0.15, -0.1) is 0 Å². The quantitative estimate of drug-likeness (QED) is 0.629. The molecule has 0 aromatic carbocycles. The zero-order valence-electron chi connectivity index (χ0n) is 10.5. The molecule has 5 heteroatoms. The van der Waals surface area contributed by atoms with Crippen LogP contribution in [0.1, 0.15) is 19.8 Å². The van der Waals surface area contributed by atoms with Crippen LogP contribution in [-0.2, 0) is 4.79 Å². The number of urea groups is 1. The van der Waals surface area contributed by atoms with Crippen molar-refractivity contribution >= 4 is 12.4 Å². The van der Waals surface area contributed by atoms with Crippen molar-refractivity contribution in [2.24, 2.45) is 5.92 Å². The van der Waals surface area contributed by atoms with Crippen molar-refractivity contribution < 1.29 is 9.59 Å². The van der Waals surface area contributed by atoms with Crippen molar-refractivity contribution in [3.8, 4) is 0 Å². The second-order valence-electron chi connectivity index (χ2n) is 5.08. The van der Waals surface area contributed by atoms with E-state index in [0.717, 1.165) is 38.3 Å². The number of carbonyl (C=O) groups excluding carboxylic acids is 2. The van der Waals surface area contributed by atoms with Gasteiger partial charge in [-0.2, -0.15) is 0 Å². The van der Waals surface area contributed by atoms with Crippen LogP contribution in [0.15, 0.2) is 0 Å². The maximum absolute atomic E-state index is 12.2. The molecule has 0 bridgehead atoms. The van der Waals surface area contributed by atoms with Crippen LogP contribution in [0.25, 0.3) is 0 Å².